The van der Waals surface area contributed by atoms with Gasteiger partial charge in [-0.25, -0.2) is 0 Å². The molecule has 0 atom stereocenters. The molecule has 0 aromatic rings. The molecule has 0 unspecified atom stereocenters. The first-order valence-electron chi connectivity index (χ1n) is 3.61. The molecule has 1 aliphatic heterocycles. The van der Waals surface area contributed by atoms with Crippen LogP contribution < -0.4 is 5.53 Å². The summed E-state index contributed by atoms with van der Waals surface area (Å²) in [7, 11) is 0. The van der Waals surface area contributed by atoms with Gasteiger partial charge in [-0.2, -0.15) is 0 Å². The predicted molar refractivity (Wildman–Crippen MR) is 38.6 cm³/mol. The van der Waals surface area contributed by atoms with Crippen LogP contribution in [0.15, 0.2) is 15.4 Å². The SMILES string of the molecule is CCCCCC1=N[N]N=N1. The van der Waals surface area contributed by atoms with Gasteiger partial charge in [0.05, 0.1) is 0 Å². The highest BCUT2D eigenvalue weighted by molar-refractivity contribution is 5.82. The zero-order valence-electron chi connectivity index (χ0n) is 6.12. The van der Waals surface area contributed by atoms with Crippen LogP contribution >= 0.6 is 0 Å². The Hall–Kier alpha value is -0.930. The lowest BCUT2D eigenvalue weighted by Gasteiger charge is -1.91. The van der Waals surface area contributed by atoms with Gasteiger partial charge in [0.1, 0.15) is 0 Å². The second-order valence-corrected chi connectivity index (χ2v) is 2.25. The third kappa shape index (κ3) is 2.13. The monoisotopic (exact) mass is 139 g/mol. The number of unbranched alkanes of at least 4 members (excludes halogenated alkanes) is 2. The molecule has 0 saturated carbocycles. The molecule has 1 rings (SSSR count). The van der Waals surface area contributed by atoms with Crippen molar-refractivity contribution in [3.8, 4) is 0 Å². The van der Waals surface area contributed by atoms with Crippen LogP contribution in [-0.4, -0.2) is 5.84 Å². The smallest absolute Gasteiger partial charge is 0.111 e. The minimum atomic E-state index is 0.772. The van der Waals surface area contributed by atoms with Crippen LogP contribution in [0.3, 0.4) is 0 Å². The highest BCUT2D eigenvalue weighted by atomic mass is 15.6. The fourth-order valence-corrected chi connectivity index (χ4v) is 0.796. The number of amidine groups is 1. The van der Waals surface area contributed by atoms with E-state index in [4.69, 9.17) is 0 Å². The predicted octanol–water partition coefficient (Wildman–Crippen LogP) is 1.87. The summed E-state index contributed by atoms with van der Waals surface area (Å²) in [6.07, 6.45) is 4.51. The highest BCUT2D eigenvalue weighted by Gasteiger charge is 2.01. The van der Waals surface area contributed by atoms with E-state index in [9.17, 15) is 0 Å². The molecule has 0 aromatic heterocycles. The summed E-state index contributed by atoms with van der Waals surface area (Å²) in [6, 6.07) is 0. The van der Waals surface area contributed by atoms with E-state index in [0.717, 1.165) is 18.7 Å². The Kier molecular flexibility index (Phi) is 2.86. The van der Waals surface area contributed by atoms with Gasteiger partial charge in [0.15, 0.2) is 5.84 Å². The molecule has 0 N–H and O–H groups in total. The lowest BCUT2D eigenvalue weighted by atomic mass is 10.2. The molecule has 55 valence electrons. The number of hydrogen-bond donors (Lipinski definition) is 0. The fraction of sp³-hybridized carbons (Fsp3) is 0.833. The van der Waals surface area contributed by atoms with Crippen LogP contribution in [0.2, 0.25) is 0 Å². The van der Waals surface area contributed by atoms with Crippen molar-refractivity contribution in [2.75, 3.05) is 0 Å². The van der Waals surface area contributed by atoms with Crippen LogP contribution in [0.25, 0.3) is 0 Å². The second kappa shape index (κ2) is 3.98. The molecule has 4 heteroatoms. The fourth-order valence-electron chi connectivity index (χ4n) is 0.796. The first-order chi connectivity index (χ1) is 4.93. The summed E-state index contributed by atoms with van der Waals surface area (Å²) in [5, 5.41) is 10.8. The summed E-state index contributed by atoms with van der Waals surface area (Å²) < 4.78 is 0. The maximum atomic E-state index is 3.72. The normalized spacial score (nSPS) is 15.1. The third-order valence-corrected chi connectivity index (χ3v) is 1.36. The molecule has 0 amide bonds. The maximum Gasteiger partial charge on any atom is 0.177 e. The van der Waals surface area contributed by atoms with Crippen LogP contribution in [0, 0.1) is 0 Å². The molecule has 1 radical (unpaired) electrons. The summed E-state index contributed by atoms with van der Waals surface area (Å²) >= 11 is 0. The van der Waals surface area contributed by atoms with Gasteiger partial charge in [-0.15, -0.1) is 10.2 Å². The molecular formula is C6H11N4. The zero-order chi connectivity index (χ0) is 7.23. The summed E-state index contributed by atoms with van der Waals surface area (Å²) in [5.41, 5.74) is 3.39. The molecule has 0 fully saturated rings. The van der Waals surface area contributed by atoms with E-state index in [2.05, 4.69) is 27.9 Å². The average molecular weight is 139 g/mol. The molecule has 1 aliphatic rings. The van der Waals surface area contributed by atoms with Gasteiger partial charge in [0.25, 0.3) is 0 Å². The Balaban J connectivity index is 2.08. The van der Waals surface area contributed by atoms with Crippen molar-refractivity contribution in [2.45, 2.75) is 32.6 Å². The van der Waals surface area contributed by atoms with Crippen LogP contribution in [-0.2, 0) is 0 Å². The zero-order valence-corrected chi connectivity index (χ0v) is 6.12. The van der Waals surface area contributed by atoms with Crippen molar-refractivity contribution in [2.24, 2.45) is 15.4 Å². The first-order valence-corrected chi connectivity index (χ1v) is 3.61. The molecule has 0 saturated heterocycles. The topological polar surface area (TPSA) is 51.2 Å². The first kappa shape index (κ1) is 7.18. The summed E-state index contributed by atoms with van der Waals surface area (Å²) in [4.78, 5) is 0. The minimum Gasteiger partial charge on any atom is -0.111 e. The average Bonchev–Trinajstić information content (AvgIpc) is 2.41. The van der Waals surface area contributed by atoms with Gasteiger partial charge in [-0.3, -0.25) is 0 Å². The Bertz CT molecular complexity index is 150. The quantitative estimate of drug-likeness (QED) is 0.534. The molecule has 4 nitrogen and oxygen atoms in total. The third-order valence-electron chi connectivity index (χ3n) is 1.36. The van der Waals surface area contributed by atoms with Crippen molar-refractivity contribution in [3.63, 3.8) is 0 Å². The van der Waals surface area contributed by atoms with E-state index in [1.807, 2.05) is 0 Å². The van der Waals surface area contributed by atoms with Gasteiger partial charge in [-0.05, 0) is 17.2 Å². The number of nitrogens with zero attached hydrogens (tertiary/aromatic N) is 4. The molecule has 0 aromatic carbocycles. The van der Waals surface area contributed by atoms with Gasteiger partial charge >= 0.3 is 0 Å². The molecule has 10 heavy (non-hydrogen) atoms. The van der Waals surface area contributed by atoms with Crippen LogP contribution in [0.5, 0.6) is 0 Å². The lowest BCUT2D eigenvalue weighted by Crippen LogP contribution is -1.90. The molecule has 0 aliphatic carbocycles. The van der Waals surface area contributed by atoms with E-state index in [1.165, 1.54) is 12.8 Å². The largest absolute Gasteiger partial charge is 0.177 e. The van der Waals surface area contributed by atoms with Crippen molar-refractivity contribution in [3.05, 3.63) is 0 Å². The highest BCUT2D eigenvalue weighted by Crippen LogP contribution is 2.04. The van der Waals surface area contributed by atoms with Crippen molar-refractivity contribution >= 4 is 5.84 Å². The van der Waals surface area contributed by atoms with E-state index < -0.39 is 0 Å². The Morgan fingerprint density at radius 3 is 2.80 bits per heavy atom. The van der Waals surface area contributed by atoms with Crippen molar-refractivity contribution in [1.29, 1.82) is 0 Å². The van der Waals surface area contributed by atoms with Gasteiger partial charge < -0.3 is 0 Å². The molecule has 0 bridgehead atoms. The summed E-state index contributed by atoms with van der Waals surface area (Å²) in [6.45, 7) is 2.17. The van der Waals surface area contributed by atoms with Crippen LogP contribution in [0.1, 0.15) is 32.6 Å². The Labute approximate surface area is 60.4 Å². The van der Waals surface area contributed by atoms with Crippen LogP contribution in [0.4, 0.5) is 0 Å². The number of rotatable bonds is 4. The van der Waals surface area contributed by atoms with E-state index in [1.54, 1.807) is 0 Å². The Morgan fingerprint density at radius 2 is 2.20 bits per heavy atom. The molecule has 0 spiro atoms. The second-order valence-electron chi connectivity index (χ2n) is 2.25. The van der Waals surface area contributed by atoms with Gasteiger partial charge in [0, 0.05) is 6.42 Å². The maximum absolute atomic E-state index is 3.72. The number of hydrogen-bond acceptors (Lipinski definition) is 3. The standard InChI is InChI=1S/C6H11N4/c1-2-3-4-5-6-7-9-10-8-6/h2-5H2,1H3. The molecule has 1 heterocycles. The summed E-state index contributed by atoms with van der Waals surface area (Å²) in [5.74, 6) is 0.772. The minimum absolute atomic E-state index is 0.772. The van der Waals surface area contributed by atoms with Gasteiger partial charge in [0.2, 0.25) is 0 Å². The van der Waals surface area contributed by atoms with Crippen molar-refractivity contribution in [1.82, 2.24) is 5.53 Å². The van der Waals surface area contributed by atoms with Gasteiger partial charge in [-0.1, -0.05) is 19.8 Å². The van der Waals surface area contributed by atoms with E-state index in [0.29, 0.717) is 0 Å². The van der Waals surface area contributed by atoms with E-state index >= 15 is 0 Å². The van der Waals surface area contributed by atoms with Crippen molar-refractivity contribution < 1.29 is 0 Å². The lowest BCUT2D eigenvalue weighted by molar-refractivity contribution is 0.738. The Morgan fingerprint density at radius 1 is 1.30 bits per heavy atom. The van der Waals surface area contributed by atoms with E-state index in [-0.39, 0.29) is 0 Å². The molecular weight excluding hydrogens is 128 g/mol.